The van der Waals surface area contributed by atoms with Gasteiger partial charge < -0.3 is 15.4 Å². The van der Waals surface area contributed by atoms with Crippen molar-refractivity contribution in [2.75, 3.05) is 20.2 Å². The minimum atomic E-state index is -0.513. The van der Waals surface area contributed by atoms with Crippen molar-refractivity contribution in [3.05, 3.63) is 48.0 Å². The molecule has 2 aromatic carbocycles. The van der Waals surface area contributed by atoms with Crippen molar-refractivity contribution in [2.24, 2.45) is 0 Å². The van der Waals surface area contributed by atoms with Gasteiger partial charge in [-0.2, -0.15) is 0 Å². The van der Waals surface area contributed by atoms with Crippen LogP contribution in [-0.4, -0.2) is 38.0 Å². The van der Waals surface area contributed by atoms with E-state index in [-0.39, 0.29) is 18.9 Å². The number of hydrogen-bond donors (Lipinski definition) is 2. The summed E-state index contributed by atoms with van der Waals surface area (Å²) in [5, 5.41) is 6.86. The molecule has 2 N–H and O–H groups in total. The topological polar surface area (TPSA) is 84.5 Å². The average molecular weight is 314 g/mol. The van der Waals surface area contributed by atoms with Crippen molar-refractivity contribution in [1.82, 2.24) is 10.6 Å². The number of ether oxygens (including phenoxy) is 1. The average Bonchev–Trinajstić information content (AvgIpc) is 2.57. The third-order valence-corrected chi connectivity index (χ3v) is 3.25. The number of rotatable bonds is 6. The lowest BCUT2D eigenvalue weighted by atomic mass is 10.1. The Kier molecular flexibility index (Phi) is 5.68. The summed E-state index contributed by atoms with van der Waals surface area (Å²) in [4.78, 5) is 34.2. The first-order valence-corrected chi connectivity index (χ1v) is 7.19. The minimum absolute atomic E-state index is 0.0908. The van der Waals surface area contributed by atoms with Crippen molar-refractivity contribution in [3.63, 3.8) is 0 Å². The molecule has 0 aliphatic rings. The van der Waals surface area contributed by atoms with E-state index >= 15 is 0 Å². The smallest absolute Gasteiger partial charge is 0.310 e. The van der Waals surface area contributed by atoms with E-state index in [0.29, 0.717) is 0 Å². The second kappa shape index (κ2) is 7.93. The Balaban J connectivity index is 1.81. The minimum Gasteiger partial charge on any atom is -0.455 e. The molecule has 0 radical (unpaired) electrons. The summed E-state index contributed by atoms with van der Waals surface area (Å²) < 4.78 is 4.90. The van der Waals surface area contributed by atoms with E-state index in [2.05, 4.69) is 10.6 Å². The fourth-order valence-electron chi connectivity index (χ4n) is 2.03. The number of benzene rings is 2. The largest absolute Gasteiger partial charge is 0.455 e. The highest BCUT2D eigenvalue weighted by atomic mass is 16.5. The van der Waals surface area contributed by atoms with Crippen LogP contribution < -0.4 is 10.6 Å². The molecule has 23 heavy (non-hydrogen) atoms. The number of likely N-dealkylation sites (N-methyl/N-ethyl adjacent to an activating group) is 1. The maximum Gasteiger partial charge on any atom is 0.310 e. The standard InChI is InChI=1S/C17H18N2O4/c1-18-15(20)10-19-16(21)11-23-17(22)9-12-6-7-13-4-2-3-5-14(13)8-12/h2-8H,9-11H2,1H3,(H,18,20)(H,19,21). The van der Waals surface area contributed by atoms with E-state index in [0.717, 1.165) is 16.3 Å². The number of hydrogen-bond acceptors (Lipinski definition) is 4. The lowest BCUT2D eigenvalue weighted by Gasteiger charge is -2.07. The molecule has 0 aromatic heterocycles. The zero-order valence-electron chi connectivity index (χ0n) is 12.8. The molecule has 0 saturated carbocycles. The van der Waals surface area contributed by atoms with E-state index < -0.39 is 18.5 Å². The Bertz CT molecular complexity index is 727. The number of carbonyl (C=O) groups is 3. The summed E-state index contributed by atoms with van der Waals surface area (Å²) in [5.41, 5.74) is 0.819. The molecule has 0 atom stereocenters. The summed E-state index contributed by atoms with van der Waals surface area (Å²) >= 11 is 0. The third-order valence-electron chi connectivity index (χ3n) is 3.25. The van der Waals surface area contributed by atoms with E-state index in [1.807, 2.05) is 42.5 Å². The molecule has 0 saturated heterocycles. The Labute approximate surface area is 133 Å². The van der Waals surface area contributed by atoms with Crippen LogP contribution in [0.4, 0.5) is 0 Å². The van der Waals surface area contributed by atoms with Gasteiger partial charge in [-0.15, -0.1) is 0 Å². The molecule has 0 bridgehead atoms. The van der Waals surface area contributed by atoms with Crippen LogP contribution in [0.2, 0.25) is 0 Å². The van der Waals surface area contributed by atoms with Crippen molar-refractivity contribution in [1.29, 1.82) is 0 Å². The lowest BCUT2D eigenvalue weighted by molar-refractivity contribution is -0.147. The SMILES string of the molecule is CNC(=O)CNC(=O)COC(=O)Cc1ccc2ccccc2c1. The van der Waals surface area contributed by atoms with Crippen LogP contribution in [0.1, 0.15) is 5.56 Å². The zero-order valence-corrected chi connectivity index (χ0v) is 12.8. The normalized spacial score (nSPS) is 10.1. The van der Waals surface area contributed by atoms with Crippen molar-refractivity contribution >= 4 is 28.6 Å². The number of nitrogens with one attached hydrogen (secondary N) is 2. The second-order valence-corrected chi connectivity index (χ2v) is 4.97. The maximum absolute atomic E-state index is 11.8. The molecule has 2 amide bonds. The van der Waals surface area contributed by atoms with Gasteiger partial charge in [0.15, 0.2) is 6.61 Å². The molecule has 6 heteroatoms. The van der Waals surface area contributed by atoms with Crippen molar-refractivity contribution in [2.45, 2.75) is 6.42 Å². The van der Waals surface area contributed by atoms with Gasteiger partial charge in [-0.05, 0) is 16.3 Å². The van der Waals surface area contributed by atoms with Gasteiger partial charge in [-0.1, -0.05) is 42.5 Å². The van der Waals surface area contributed by atoms with Gasteiger partial charge in [0, 0.05) is 7.05 Å². The van der Waals surface area contributed by atoms with Crippen LogP contribution in [0, 0.1) is 0 Å². The highest BCUT2D eigenvalue weighted by Gasteiger charge is 2.09. The van der Waals surface area contributed by atoms with Crippen LogP contribution in [0.3, 0.4) is 0 Å². The predicted octanol–water partition coefficient (Wildman–Crippen LogP) is 0.788. The summed E-state index contributed by atoms with van der Waals surface area (Å²) in [7, 11) is 1.47. The summed E-state index contributed by atoms with van der Waals surface area (Å²) in [5.74, 6) is -1.32. The fourth-order valence-corrected chi connectivity index (χ4v) is 2.03. The Morgan fingerprint density at radius 3 is 2.48 bits per heavy atom. The van der Waals surface area contributed by atoms with Gasteiger partial charge >= 0.3 is 5.97 Å². The van der Waals surface area contributed by atoms with Crippen molar-refractivity contribution in [3.8, 4) is 0 Å². The Morgan fingerprint density at radius 1 is 1.00 bits per heavy atom. The molecule has 2 rings (SSSR count). The number of esters is 1. The monoisotopic (exact) mass is 314 g/mol. The molecule has 120 valence electrons. The van der Waals surface area contributed by atoms with Crippen LogP contribution in [0.15, 0.2) is 42.5 Å². The van der Waals surface area contributed by atoms with Gasteiger partial charge in [-0.25, -0.2) is 0 Å². The van der Waals surface area contributed by atoms with Crippen LogP contribution in [0.5, 0.6) is 0 Å². The third kappa shape index (κ3) is 5.10. The van der Waals surface area contributed by atoms with Gasteiger partial charge in [0.25, 0.3) is 5.91 Å². The van der Waals surface area contributed by atoms with Crippen LogP contribution >= 0.6 is 0 Å². The number of amides is 2. The van der Waals surface area contributed by atoms with Gasteiger partial charge in [0.05, 0.1) is 13.0 Å². The van der Waals surface area contributed by atoms with E-state index in [1.165, 1.54) is 7.05 Å². The maximum atomic E-state index is 11.8. The molecular weight excluding hydrogens is 296 g/mol. The quantitative estimate of drug-likeness (QED) is 0.772. The highest BCUT2D eigenvalue weighted by molar-refractivity contribution is 5.87. The van der Waals surface area contributed by atoms with E-state index in [4.69, 9.17) is 4.74 Å². The molecule has 0 spiro atoms. The van der Waals surface area contributed by atoms with Gasteiger partial charge in [0.2, 0.25) is 5.91 Å². The lowest BCUT2D eigenvalue weighted by Crippen LogP contribution is -2.37. The molecule has 6 nitrogen and oxygen atoms in total. The fraction of sp³-hybridized carbons (Fsp3) is 0.235. The molecule has 0 aliphatic carbocycles. The van der Waals surface area contributed by atoms with Crippen LogP contribution in [-0.2, 0) is 25.5 Å². The van der Waals surface area contributed by atoms with E-state index in [1.54, 1.807) is 0 Å². The first-order chi connectivity index (χ1) is 11.1. The summed E-state index contributed by atoms with van der Waals surface area (Å²) in [6.45, 7) is -0.541. The number of carbonyl (C=O) groups excluding carboxylic acids is 3. The Morgan fingerprint density at radius 2 is 1.74 bits per heavy atom. The molecule has 0 aliphatic heterocycles. The van der Waals surface area contributed by atoms with Gasteiger partial charge in [0.1, 0.15) is 0 Å². The van der Waals surface area contributed by atoms with E-state index in [9.17, 15) is 14.4 Å². The molecule has 2 aromatic rings. The molecule has 0 unspecified atom stereocenters. The Hall–Kier alpha value is -2.89. The van der Waals surface area contributed by atoms with Crippen molar-refractivity contribution < 1.29 is 19.1 Å². The van der Waals surface area contributed by atoms with Crippen LogP contribution in [0.25, 0.3) is 10.8 Å². The molecule has 0 fully saturated rings. The van der Waals surface area contributed by atoms with Gasteiger partial charge in [-0.3, -0.25) is 14.4 Å². The zero-order chi connectivity index (χ0) is 16.7. The summed E-state index contributed by atoms with van der Waals surface area (Å²) in [6.07, 6.45) is 0.0908. The summed E-state index contributed by atoms with van der Waals surface area (Å²) in [6, 6.07) is 13.6. The second-order valence-electron chi connectivity index (χ2n) is 4.97. The predicted molar refractivity (Wildman–Crippen MR) is 85.7 cm³/mol. The number of fused-ring (bicyclic) bond motifs is 1. The first kappa shape index (κ1) is 16.5. The molecule has 0 heterocycles. The highest BCUT2D eigenvalue weighted by Crippen LogP contribution is 2.16. The first-order valence-electron chi connectivity index (χ1n) is 7.19. The molecular formula is C17H18N2O4.